The van der Waals surface area contributed by atoms with Crippen molar-refractivity contribution in [1.82, 2.24) is 10.2 Å². The van der Waals surface area contributed by atoms with Gasteiger partial charge in [-0.15, -0.1) is 10.2 Å². The number of carbonyl (C=O) groups is 1. The number of nitrogens with zero attached hydrogens (tertiary/aromatic N) is 3. The van der Waals surface area contributed by atoms with Gasteiger partial charge in [0.15, 0.2) is 0 Å². The topological polar surface area (TPSA) is 119 Å². The number of aryl methyl sites for hydroxylation is 1. The van der Waals surface area contributed by atoms with E-state index < -0.39 is 10.9 Å². The van der Waals surface area contributed by atoms with Crippen LogP contribution in [-0.2, 0) is 11.2 Å². The molecular formula is C12H11N3O5. The van der Waals surface area contributed by atoms with Crippen LogP contribution in [0.15, 0.2) is 28.7 Å². The molecule has 0 unspecified atom stereocenters. The quantitative estimate of drug-likeness (QED) is 0.633. The molecule has 0 saturated carbocycles. The molecule has 0 fully saturated rings. The number of non-ortho nitro benzene ring substituents is 1. The van der Waals surface area contributed by atoms with Gasteiger partial charge < -0.3 is 9.52 Å². The average Bonchev–Trinajstić information content (AvgIpc) is 2.87. The van der Waals surface area contributed by atoms with Gasteiger partial charge in [0.25, 0.3) is 5.69 Å². The van der Waals surface area contributed by atoms with Crippen LogP contribution >= 0.6 is 0 Å². The van der Waals surface area contributed by atoms with Crippen LogP contribution in [0.1, 0.15) is 18.7 Å². The van der Waals surface area contributed by atoms with Gasteiger partial charge in [0.05, 0.1) is 4.92 Å². The van der Waals surface area contributed by atoms with Crippen LogP contribution in [0.4, 0.5) is 5.69 Å². The van der Waals surface area contributed by atoms with E-state index in [1.807, 2.05) is 0 Å². The summed E-state index contributed by atoms with van der Waals surface area (Å²) in [5.41, 5.74) is 0.393. The summed E-state index contributed by atoms with van der Waals surface area (Å²) in [5, 5.41) is 26.8. The van der Waals surface area contributed by atoms with E-state index in [0.717, 1.165) is 0 Å². The molecule has 0 aliphatic carbocycles. The minimum absolute atomic E-state index is 0.0223. The summed E-state index contributed by atoms with van der Waals surface area (Å²) in [6.07, 6.45) is 0.772. The number of aliphatic carboxylic acids is 1. The number of hydrogen-bond acceptors (Lipinski definition) is 6. The Hall–Kier alpha value is -2.77. The van der Waals surface area contributed by atoms with E-state index in [1.54, 1.807) is 6.07 Å². The molecule has 1 heterocycles. The maximum Gasteiger partial charge on any atom is 0.303 e. The zero-order valence-electron chi connectivity index (χ0n) is 10.4. The van der Waals surface area contributed by atoms with Gasteiger partial charge in [0.1, 0.15) is 0 Å². The van der Waals surface area contributed by atoms with Gasteiger partial charge in [-0.2, -0.15) is 0 Å². The zero-order chi connectivity index (χ0) is 14.5. The number of hydrogen-bond donors (Lipinski definition) is 1. The van der Waals surface area contributed by atoms with E-state index in [9.17, 15) is 14.9 Å². The number of benzene rings is 1. The smallest absolute Gasteiger partial charge is 0.303 e. The van der Waals surface area contributed by atoms with Gasteiger partial charge in [-0.05, 0) is 12.5 Å². The van der Waals surface area contributed by atoms with Crippen molar-refractivity contribution < 1.29 is 19.2 Å². The van der Waals surface area contributed by atoms with E-state index in [2.05, 4.69) is 10.2 Å². The molecule has 2 aromatic rings. The van der Waals surface area contributed by atoms with Gasteiger partial charge >= 0.3 is 5.97 Å². The van der Waals surface area contributed by atoms with Crippen LogP contribution in [0.2, 0.25) is 0 Å². The summed E-state index contributed by atoms with van der Waals surface area (Å²) >= 11 is 0. The Balaban J connectivity index is 2.10. The van der Waals surface area contributed by atoms with Gasteiger partial charge in [-0.1, -0.05) is 6.07 Å². The maximum absolute atomic E-state index is 10.7. The summed E-state index contributed by atoms with van der Waals surface area (Å²) in [6.45, 7) is 0. The van der Waals surface area contributed by atoms with Crippen LogP contribution in [0.25, 0.3) is 11.5 Å². The third-order valence-corrected chi connectivity index (χ3v) is 2.55. The fourth-order valence-corrected chi connectivity index (χ4v) is 1.61. The molecule has 2 rings (SSSR count). The summed E-state index contributed by atoms with van der Waals surface area (Å²) in [7, 11) is 0. The molecule has 0 aliphatic heterocycles. The second-order valence-electron chi connectivity index (χ2n) is 4.06. The highest BCUT2D eigenvalue weighted by Gasteiger charge is 2.12. The highest BCUT2D eigenvalue weighted by molar-refractivity contribution is 5.66. The third-order valence-electron chi connectivity index (χ3n) is 2.55. The first-order valence-corrected chi connectivity index (χ1v) is 5.85. The predicted octanol–water partition coefficient (Wildman–Crippen LogP) is 2.05. The van der Waals surface area contributed by atoms with Crippen molar-refractivity contribution in [2.75, 3.05) is 0 Å². The minimum atomic E-state index is -0.886. The molecule has 8 heteroatoms. The fourth-order valence-electron chi connectivity index (χ4n) is 1.61. The van der Waals surface area contributed by atoms with Crippen molar-refractivity contribution >= 4 is 11.7 Å². The van der Waals surface area contributed by atoms with Crippen LogP contribution in [0.3, 0.4) is 0 Å². The van der Waals surface area contributed by atoms with Crippen LogP contribution in [-0.4, -0.2) is 26.2 Å². The molecule has 0 bridgehead atoms. The van der Waals surface area contributed by atoms with E-state index in [0.29, 0.717) is 24.3 Å². The standard InChI is InChI=1S/C12H11N3O5/c16-11(17)6-2-5-10-13-14-12(20-10)8-3-1-4-9(7-8)15(18)19/h1,3-4,7H,2,5-6H2,(H,16,17). The summed E-state index contributed by atoms with van der Waals surface area (Å²) in [4.78, 5) is 20.6. The van der Waals surface area contributed by atoms with Crippen molar-refractivity contribution in [3.8, 4) is 11.5 Å². The van der Waals surface area contributed by atoms with E-state index in [4.69, 9.17) is 9.52 Å². The zero-order valence-corrected chi connectivity index (χ0v) is 10.4. The number of nitro benzene ring substituents is 1. The summed E-state index contributed by atoms with van der Waals surface area (Å²) in [5.74, 6) is -0.393. The largest absolute Gasteiger partial charge is 0.481 e. The molecule has 0 atom stereocenters. The summed E-state index contributed by atoms with van der Waals surface area (Å²) in [6, 6.07) is 5.87. The van der Waals surface area contributed by atoms with Crippen molar-refractivity contribution in [1.29, 1.82) is 0 Å². The molecule has 0 spiro atoms. The normalized spacial score (nSPS) is 10.4. The fraction of sp³-hybridized carbons (Fsp3) is 0.250. The van der Waals surface area contributed by atoms with Crippen molar-refractivity contribution in [2.24, 2.45) is 0 Å². The highest BCUT2D eigenvalue weighted by Crippen LogP contribution is 2.22. The van der Waals surface area contributed by atoms with Gasteiger partial charge in [-0.25, -0.2) is 0 Å². The molecular weight excluding hydrogens is 266 g/mol. The number of rotatable bonds is 6. The second-order valence-corrected chi connectivity index (χ2v) is 4.06. The van der Waals surface area contributed by atoms with Gasteiger partial charge in [-0.3, -0.25) is 14.9 Å². The second kappa shape index (κ2) is 5.91. The van der Waals surface area contributed by atoms with Gasteiger partial charge in [0, 0.05) is 30.5 Å². The Kier molecular flexibility index (Phi) is 4.04. The Bertz CT molecular complexity index is 638. The molecule has 0 amide bonds. The van der Waals surface area contributed by atoms with Crippen LogP contribution in [0.5, 0.6) is 0 Å². The number of nitro groups is 1. The summed E-state index contributed by atoms with van der Waals surface area (Å²) < 4.78 is 5.35. The lowest BCUT2D eigenvalue weighted by molar-refractivity contribution is -0.384. The first-order valence-electron chi connectivity index (χ1n) is 5.85. The van der Waals surface area contributed by atoms with Crippen LogP contribution < -0.4 is 0 Å². The lowest BCUT2D eigenvalue weighted by Gasteiger charge is -1.95. The molecule has 20 heavy (non-hydrogen) atoms. The molecule has 0 aliphatic rings. The number of aromatic nitrogens is 2. The molecule has 1 N–H and O–H groups in total. The molecule has 0 radical (unpaired) electrons. The first kappa shape index (κ1) is 13.7. The Morgan fingerprint density at radius 2 is 2.20 bits per heavy atom. The molecule has 8 nitrogen and oxygen atoms in total. The predicted molar refractivity (Wildman–Crippen MR) is 67.0 cm³/mol. The molecule has 1 aromatic carbocycles. The third kappa shape index (κ3) is 3.37. The molecule has 0 saturated heterocycles. The minimum Gasteiger partial charge on any atom is -0.481 e. The van der Waals surface area contributed by atoms with Crippen molar-refractivity contribution in [2.45, 2.75) is 19.3 Å². The average molecular weight is 277 g/mol. The SMILES string of the molecule is O=C(O)CCCc1nnc(-c2cccc([N+](=O)[O-])c2)o1. The molecule has 1 aromatic heterocycles. The maximum atomic E-state index is 10.7. The van der Waals surface area contributed by atoms with Gasteiger partial charge in [0.2, 0.25) is 11.8 Å². The molecule has 104 valence electrons. The Morgan fingerprint density at radius 3 is 2.90 bits per heavy atom. The van der Waals surface area contributed by atoms with E-state index in [-0.39, 0.29) is 18.0 Å². The highest BCUT2D eigenvalue weighted by atomic mass is 16.6. The first-order chi connectivity index (χ1) is 9.56. The van der Waals surface area contributed by atoms with E-state index >= 15 is 0 Å². The lowest BCUT2D eigenvalue weighted by atomic mass is 10.2. The number of carboxylic acid groups (broad SMARTS) is 1. The van der Waals surface area contributed by atoms with Crippen molar-refractivity contribution in [3.63, 3.8) is 0 Å². The number of carboxylic acids is 1. The monoisotopic (exact) mass is 277 g/mol. The van der Waals surface area contributed by atoms with Crippen molar-refractivity contribution in [3.05, 3.63) is 40.3 Å². The van der Waals surface area contributed by atoms with E-state index in [1.165, 1.54) is 18.2 Å². The van der Waals surface area contributed by atoms with Crippen LogP contribution in [0, 0.1) is 10.1 Å². The Labute approximate surface area is 113 Å². The lowest BCUT2D eigenvalue weighted by Crippen LogP contribution is -1.95. The Morgan fingerprint density at radius 1 is 1.40 bits per heavy atom.